The van der Waals surface area contributed by atoms with E-state index in [4.69, 9.17) is 11.6 Å². The molecule has 19 heavy (non-hydrogen) atoms. The van der Waals surface area contributed by atoms with Crippen molar-refractivity contribution in [3.8, 4) is 5.75 Å². The standard InChI is InChI=1S/C12H17ClFNO3S/c1-12(2,3)4-5-19(17,18)15-10-6-8(13)9(14)7-11(10)16/h6-7,15-16H,4-5H2,1-3H3. The summed E-state index contributed by atoms with van der Waals surface area (Å²) in [5.74, 6) is -1.40. The van der Waals surface area contributed by atoms with Gasteiger partial charge in [0.1, 0.15) is 11.6 Å². The van der Waals surface area contributed by atoms with Gasteiger partial charge in [0.25, 0.3) is 0 Å². The number of rotatable bonds is 4. The van der Waals surface area contributed by atoms with Gasteiger partial charge in [-0.2, -0.15) is 0 Å². The predicted octanol–water partition coefficient (Wildman–Crippen LogP) is 3.36. The van der Waals surface area contributed by atoms with E-state index in [1.54, 1.807) is 0 Å². The molecule has 0 aromatic heterocycles. The molecule has 0 amide bonds. The molecule has 0 saturated heterocycles. The number of hydrogen-bond acceptors (Lipinski definition) is 3. The van der Waals surface area contributed by atoms with Crippen molar-refractivity contribution < 1.29 is 17.9 Å². The van der Waals surface area contributed by atoms with Gasteiger partial charge in [-0.25, -0.2) is 12.8 Å². The maximum absolute atomic E-state index is 13.0. The van der Waals surface area contributed by atoms with Gasteiger partial charge in [0, 0.05) is 6.07 Å². The maximum atomic E-state index is 13.0. The third-order valence-corrected chi connectivity index (χ3v) is 3.99. The van der Waals surface area contributed by atoms with Gasteiger partial charge in [0.2, 0.25) is 10.0 Å². The van der Waals surface area contributed by atoms with Crippen LogP contribution in [0, 0.1) is 11.2 Å². The highest BCUT2D eigenvalue weighted by Gasteiger charge is 2.19. The fourth-order valence-electron chi connectivity index (χ4n) is 1.28. The molecule has 1 rings (SSSR count). The number of phenols is 1. The van der Waals surface area contributed by atoms with E-state index in [9.17, 15) is 17.9 Å². The summed E-state index contributed by atoms with van der Waals surface area (Å²) in [4.78, 5) is 0. The van der Waals surface area contributed by atoms with Crippen LogP contribution in [-0.2, 0) is 10.0 Å². The Morgan fingerprint density at radius 3 is 2.47 bits per heavy atom. The number of anilines is 1. The van der Waals surface area contributed by atoms with Crippen LogP contribution in [0.15, 0.2) is 12.1 Å². The van der Waals surface area contributed by atoms with Crippen molar-refractivity contribution in [1.29, 1.82) is 0 Å². The first kappa shape index (κ1) is 16.0. The average molecular weight is 310 g/mol. The average Bonchev–Trinajstić information content (AvgIpc) is 2.22. The van der Waals surface area contributed by atoms with E-state index >= 15 is 0 Å². The van der Waals surface area contributed by atoms with E-state index in [0.29, 0.717) is 6.42 Å². The minimum atomic E-state index is -3.61. The third kappa shape index (κ3) is 5.24. The van der Waals surface area contributed by atoms with E-state index in [2.05, 4.69) is 4.72 Å². The molecule has 7 heteroatoms. The summed E-state index contributed by atoms with van der Waals surface area (Å²) in [5, 5.41) is 9.22. The number of benzene rings is 1. The molecule has 1 aromatic carbocycles. The minimum Gasteiger partial charge on any atom is -0.506 e. The predicted molar refractivity (Wildman–Crippen MR) is 74.6 cm³/mol. The van der Waals surface area contributed by atoms with Crippen LogP contribution in [0.1, 0.15) is 27.2 Å². The molecule has 1 aromatic rings. The van der Waals surface area contributed by atoms with Crippen LogP contribution in [0.5, 0.6) is 5.75 Å². The molecule has 0 saturated carbocycles. The van der Waals surface area contributed by atoms with Crippen LogP contribution in [0.2, 0.25) is 5.02 Å². The molecule has 108 valence electrons. The Hall–Kier alpha value is -1.01. The Morgan fingerprint density at radius 2 is 1.95 bits per heavy atom. The Bertz CT molecular complexity index is 567. The number of nitrogens with one attached hydrogen (secondary N) is 1. The highest BCUT2D eigenvalue weighted by Crippen LogP contribution is 2.30. The van der Waals surface area contributed by atoms with Gasteiger partial charge in [-0.3, -0.25) is 4.72 Å². The summed E-state index contributed by atoms with van der Waals surface area (Å²) in [5.41, 5.74) is -0.252. The van der Waals surface area contributed by atoms with Gasteiger partial charge in [-0.1, -0.05) is 32.4 Å². The molecular weight excluding hydrogens is 293 g/mol. The molecule has 0 bridgehead atoms. The van der Waals surface area contributed by atoms with Gasteiger partial charge in [0.15, 0.2) is 0 Å². The van der Waals surface area contributed by atoms with Gasteiger partial charge in [-0.15, -0.1) is 0 Å². The van der Waals surface area contributed by atoms with Crippen molar-refractivity contribution in [3.63, 3.8) is 0 Å². The molecule has 0 radical (unpaired) electrons. The summed E-state index contributed by atoms with van der Waals surface area (Å²) in [6.45, 7) is 5.78. The monoisotopic (exact) mass is 309 g/mol. The van der Waals surface area contributed by atoms with Crippen molar-refractivity contribution in [1.82, 2.24) is 0 Å². The van der Waals surface area contributed by atoms with Crippen molar-refractivity contribution in [2.45, 2.75) is 27.2 Å². The molecule has 2 N–H and O–H groups in total. The number of aromatic hydroxyl groups is 1. The minimum absolute atomic E-state index is 0.0923. The number of phenolic OH excluding ortho intramolecular Hbond substituents is 1. The number of sulfonamides is 1. The summed E-state index contributed by atoms with van der Waals surface area (Å²) < 4.78 is 38.9. The van der Waals surface area contributed by atoms with Crippen molar-refractivity contribution in [3.05, 3.63) is 23.0 Å². The van der Waals surface area contributed by atoms with Gasteiger partial charge in [-0.05, 0) is 17.9 Å². The topological polar surface area (TPSA) is 66.4 Å². The molecule has 0 unspecified atom stereocenters. The van der Waals surface area contributed by atoms with Crippen LogP contribution in [-0.4, -0.2) is 19.3 Å². The lowest BCUT2D eigenvalue weighted by atomic mass is 9.94. The van der Waals surface area contributed by atoms with E-state index in [1.807, 2.05) is 20.8 Å². The smallest absolute Gasteiger partial charge is 0.232 e. The molecule has 0 fully saturated rings. The lowest BCUT2D eigenvalue weighted by molar-refractivity contribution is 0.397. The molecule has 0 atom stereocenters. The summed E-state index contributed by atoms with van der Waals surface area (Å²) in [6, 6.07) is 1.81. The van der Waals surface area contributed by atoms with Crippen LogP contribution in [0.3, 0.4) is 0 Å². The Kier molecular flexibility index (Phi) is 4.68. The lowest BCUT2D eigenvalue weighted by Crippen LogP contribution is -2.21. The van der Waals surface area contributed by atoms with Gasteiger partial charge < -0.3 is 5.11 Å². The maximum Gasteiger partial charge on any atom is 0.232 e. The Labute approximate surface area is 117 Å². The molecule has 0 aliphatic heterocycles. The van der Waals surface area contributed by atoms with E-state index < -0.39 is 21.6 Å². The quantitative estimate of drug-likeness (QED) is 0.838. The summed E-state index contributed by atoms with van der Waals surface area (Å²) >= 11 is 5.54. The van der Waals surface area contributed by atoms with Gasteiger partial charge in [0.05, 0.1) is 16.5 Å². The summed E-state index contributed by atoms with van der Waals surface area (Å²) in [7, 11) is -3.61. The lowest BCUT2D eigenvalue weighted by Gasteiger charge is -2.18. The van der Waals surface area contributed by atoms with Crippen LogP contribution < -0.4 is 4.72 Å². The van der Waals surface area contributed by atoms with E-state index in [-0.39, 0.29) is 21.9 Å². The van der Waals surface area contributed by atoms with Gasteiger partial charge >= 0.3 is 0 Å². The highest BCUT2D eigenvalue weighted by atomic mass is 35.5. The second kappa shape index (κ2) is 5.54. The molecule has 0 heterocycles. The fraction of sp³-hybridized carbons (Fsp3) is 0.500. The molecule has 0 aliphatic rings. The number of hydrogen-bond donors (Lipinski definition) is 2. The van der Waals surface area contributed by atoms with Crippen LogP contribution in [0.4, 0.5) is 10.1 Å². The fourth-order valence-corrected chi connectivity index (χ4v) is 2.92. The first-order chi connectivity index (χ1) is 8.50. The van der Waals surface area contributed by atoms with Crippen molar-refractivity contribution in [2.75, 3.05) is 10.5 Å². The third-order valence-electron chi connectivity index (χ3n) is 2.42. The SMILES string of the molecule is CC(C)(C)CCS(=O)(=O)Nc1cc(Cl)c(F)cc1O. The summed E-state index contributed by atoms with van der Waals surface area (Å²) in [6.07, 6.45) is 0.456. The molecule has 0 spiro atoms. The highest BCUT2D eigenvalue weighted by molar-refractivity contribution is 7.92. The molecule has 4 nitrogen and oxygen atoms in total. The van der Waals surface area contributed by atoms with Crippen LogP contribution in [0.25, 0.3) is 0 Å². The molecule has 0 aliphatic carbocycles. The Morgan fingerprint density at radius 1 is 1.37 bits per heavy atom. The van der Waals surface area contributed by atoms with E-state index in [1.165, 1.54) is 0 Å². The first-order valence-corrected chi connectivity index (χ1v) is 7.72. The second-order valence-corrected chi connectivity index (χ2v) is 7.76. The molecular formula is C12H17ClFNO3S. The van der Waals surface area contributed by atoms with Crippen LogP contribution >= 0.6 is 11.6 Å². The first-order valence-electron chi connectivity index (χ1n) is 5.69. The van der Waals surface area contributed by atoms with Crippen molar-refractivity contribution >= 4 is 27.3 Å². The Balaban J connectivity index is 2.87. The zero-order valence-electron chi connectivity index (χ0n) is 11.0. The van der Waals surface area contributed by atoms with E-state index in [0.717, 1.165) is 12.1 Å². The largest absolute Gasteiger partial charge is 0.506 e. The number of halogens is 2. The normalized spacial score (nSPS) is 12.5. The second-order valence-electron chi connectivity index (χ2n) is 5.52. The zero-order valence-corrected chi connectivity index (χ0v) is 12.6. The zero-order chi connectivity index (χ0) is 14.8. The van der Waals surface area contributed by atoms with Crippen molar-refractivity contribution in [2.24, 2.45) is 5.41 Å².